The van der Waals surface area contributed by atoms with Crippen LogP contribution in [0.15, 0.2) is 42.6 Å². The summed E-state index contributed by atoms with van der Waals surface area (Å²) in [6, 6.07) is 10.8. The number of hydrogen-bond donors (Lipinski definition) is 1. The van der Waals surface area contributed by atoms with E-state index in [0.29, 0.717) is 25.1 Å². The third-order valence-electron chi connectivity index (χ3n) is 4.90. The molecule has 3 rings (SSSR count). The summed E-state index contributed by atoms with van der Waals surface area (Å²) >= 11 is 0. The fourth-order valence-electron chi connectivity index (χ4n) is 3.40. The van der Waals surface area contributed by atoms with Gasteiger partial charge in [0.05, 0.1) is 0 Å². The Morgan fingerprint density at radius 1 is 1.19 bits per heavy atom. The van der Waals surface area contributed by atoms with E-state index in [1.165, 1.54) is 0 Å². The summed E-state index contributed by atoms with van der Waals surface area (Å²) in [5, 5.41) is 2.99. The van der Waals surface area contributed by atoms with Gasteiger partial charge in [0.25, 0.3) is 5.91 Å². The van der Waals surface area contributed by atoms with Gasteiger partial charge in [0.2, 0.25) is 5.91 Å². The zero-order valence-electron chi connectivity index (χ0n) is 15.4. The second-order valence-electron chi connectivity index (χ2n) is 6.85. The molecule has 1 aliphatic rings. The molecule has 0 radical (unpaired) electrons. The van der Waals surface area contributed by atoms with Crippen molar-refractivity contribution in [2.75, 3.05) is 6.54 Å². The van der Waals surface area contributed by atoms with Crippen molar-refractivity contribution in [3.63, 3.8) is 0 Å². The van der Waals surface area contributed by atoms with Gasteiger partial charge in [0, 0.05) is 30.5 Å². The molecule has 0 unspecified atom stereocenters. The number of pyridine rings is 1. The van der Waals surface area contributed by atoms with Crippen molar-refractivity contribution >= 4 is 11.8 Å². The third-order valence-corrected chi connectivity index (χ3v) is 4.90. The van der Waals surface area contributed by atoms with Crippen LogP contribution in [0.2, 0.25) is 0 Å². The summed E-state index contributed by atoms with van der Waals surface area (Å²) in [6.45, 7) is 5.02. The number of piperidine rings is 1. The van der Waals surface area contributed by atoms with Crippen molar-refractivity contribution in [1.29, 1.82) is 0 Å². The standard InChI is InChI=1S/C21H25N3O2/c1-15-12-16(2)22-13-18(15)14-23-20(25)19-10-6-7-11-24(19)21(26)17-8-4-3-5-9-17/h3-5,8-9,12-13,19H,6-7,10-11,14H2,1-2H3,(H,23,25)/t19-/m1/s1. The Balaban J connectivity index is 1.69. The van der Waals surface area contributed by atoms with Crippen molar-refractivity contribution in [2.24, 2.45) is 0 Å². The van der Waals surface area contributed by atoms with Crippen molar-refractivity contribution < 1.29 is 9.59 Å². The highest BCUT2D eigenvalue weighted by molar-refractivity contribution is 5.97. The highest BCUT2D eigenvalue weighted by Gasteiger charge is 2.32. The summed E-state index contributed by atoms with van der Waals surface area (Å²) in [5.41, 5.74) is 3.70. The molecule has 1 fully saturated rings. The van der Waals surface area contributed by atoms with Crippen LogP contribution in [0.25, 0.3) is 0 Å². The minimum atomic E-state index is -0.407. The molecule has 1 aliphatic heterocycles. The highest BCUT2D eigenvalue weighted by Crippen LogP contribution is 2.20. The molecule has 1 saturated heterocycles. The number of amides is 2. The zero-order chi connectivity index (χ0) is 18.5. The largest absolute Gasteiger partial charge is 0.350 e. The van der Waals surface area contributed by atoms with Crippen LogP contribution < -0.4 is 5.32 Å². The van der Waals surface area contributed by atoms with Crippen LogP contribution >= 0.6 is 0 Å². The van der Waals surface area contributed by atoms with Gasteiger partial charge in [0.15, 0.2) is 0 Å². The second kappa shape index (κ2) is 8.13. The molecule has 2 aromatic rings. The molecule has 136 valence electrons. The summed E-state index contributed by atoms with van der Waals surface area (Å²) < 4.78 is 0. The number of benzene rings is 1. The van der Waals surface area contributed by atoms with Crippen molar-refractivity contribution in [2.45, 2.75) is 45.7 Å². The van der Waals surface area contributed by atoms with Crippen LogP contribution in [0.4, 0.5) is 0 Å². The van der Waals surface area contributed by atoms with Gasteiger partial charge in [-0.15, -0.1) is 0 Å². The monoisotopic (exact) mass is 351 g/mol. The maximum absolute atomic E-state index is 12.8. The maximum Gasteiger partial charge on any atom is 0.254 e. The number of hydrogen-bond acceptors (Lipinski definition) is 3. The van der Waals surface area contributed by atoms with Crippen molar-refractivity contribution in [3.8, 4) is 0 Å². The number of nitrogens with zero attached hydrogens (tertiary/aromatic N) is 2. The van der Waals surface area contributed by atoms with Crippen LogP contribution in [0.1, 0.15) is 46.4 Å². The molecule has 2 heterocycles. The lowest BCUT2D eigenvalue weighted by atomic mass is 9.99. The van der Waals surface area contributed by atoms with Crippen LogP contribution in [-0.2, 0) is 11.3 Å². The first kappa shape index (κ1) is 18.1. The molecular weight excluding hydrogens is 326 g/mol. The molecule has 1 atom stereocenters. The predicted octanol–water partition coefficient (Wildman–Crippen LogP) is 3.01. The number of aromatic nitrogens is 1. The Morgan fingerprint density at radius 2 is 1.96 bits per heavy atom. The van der Waals surface area contributed by atoms with E-state index in [0.717, 1.165) is 29.7 Å². The van der Waals surface area contributed by atoms with Gasteiger partial charge >= 0.3 is 0 Å². The maximum atomic E-state index is 12.8. The van der Waals surface area contributed by atoms with E-state index >= 15 is 0 Å². The molecule has 0 bridgehead atoms. The Labute approximate surface area is 154 Å². The molecule has 2 amide bonds. The number of aryl methyl sites for hydroxylation is 2. The Bertz CT molecular complexity index is 789. The Kier molecular flexibility index (Phi) is 5.66. The van der Waals surface area contributed by atoms with Crippen LogP contribution in [0.3, 0.4) is 0 Å². The molecule has 5 heteroatoms. The molecule has 0 spiro atoms. The van der Waals surface area contributed by atoms with Gasteiger partial charge < -0.3 is 10.2 Å². The Hall–Kier alpha value is -2.69. The number of likely N-dealkylation sites (tertiary alicyclic amines) is 1. The summed E-state index contributed by atoms with van der Waals surface area (Å²) in [7, 11) is 0. The highest BCUT2D eigenvalue weighted by atomic mass is 16.2. The molecule has 0 saturated carbocycles. The quantitative estimate of drug-likeness (QED) is 0.921. The van der Waals surface area contributed by atoms with Gasteiger partial charge in [0.1, 0.15) is 6.04 Å². The van der Waals surface area contributed by atoms with Gasteiger partial charge in [-0.1, -0.05) is 18.2 Å². The van der Waals surface area contributed by atoms with E-state index < -0.39 is 6.04 Å². The lowest BCUT2D eigenvalue weighted by Crippen LogP contribution is -2.51. The predicted molar refractivity (Wildman–Crippen MR) is 101 cm³/mol. The van der Waals surface area contributed by atoms with Gasteiger partial charge in [-0.25, -0.2) is 0 Å². The molecule has 0 aliphatic carbocycles. The van der Waals surface area contributed by atoms with Gasteiger partial charge in [-0.3, -0.25) is 14.6 Å². The molecule has 1 aromatic carbocycles. The smallest absolute Gasteiger partial charge is 0.254 e. The minimum absolute atomic E-state index is 0.0707. The lowest BCUT2D eigenvalue weighted by molar-refractivity contribution is -0.126. The minimum Gasteiger partial charge on any atom is -0.350 e. The zero-order valence-corrected chi connectivity index (χ0v) is 15.4. The summed E-state index contributed by atoms with van der Waals surface area (Å²) in [4.78, 5) is 31.6. The third kappa shape index (κ3) is 4.10. The second-order valence-corrected chi connectivity index (χ2v) is 6.85. The molecule has 1 aromatic heterocycles. The number of carbonyl (C=O) groups is 2. The number of nitrogens with one attached hydrogen (secondary N) is 1. The van der Waals surface area contributed by atoms with E-state index in [-0.39, 0.29) is 11.8 Å². The molecule has 1 N–H and O–H groups in total. The summed E-state index contributed by atoms with van der Waals surface area (Å²) in [6.07, 6.45) is 4.40. The van der Waals surface area contributed by atoms with Crippen LogP contribution in [0.5, 0.6) is 0 Å². The first-order chi connectivity index (χ1) is 12.6. The normalized spacial score (nSPS) is 17.0. The van der Waals surface area contributed by atoms with E-state index in [9.17, 15) is 9.59 Å². The lowest BCUT2D eigenvalue weighted by Gasteiger charge is -2.34. The topological polar surface area (TPSA) is 62.3 Å². The molecular formula is C21H25N3O2. The van der Waals surface area contributed by atoms with E-state index in [2.05, 4.69) is 10.3 Å². The van der Waals surface area contributed by atoms with E-state index in [4.69, 9.17) is 0 Å². The van der Waals surface area contributed by atoms with Crippen molar-refractivity contribution in [3.05, 3.63) is 65.0 Å². The fraction of sp³-hybridized carbons (Fsp3) is 0.381. The molecule has 5 nitrogen and oxygen atoms in total. The average molecular weight is 351 g/mol. The van der Waals surface area contributed by atoms with E-state index in [1.807, 2.05) is 38.1 Å². The Morgan fingerprint density at radius 3 is 2.69 bits per heavy atom. The van der Waals surface area contributed by atoms with Gasteiger partial charge in [-0.05, 0) is 62.4 Å². The number of carbonyl (C=O) groups excluding carboxylic acids is 2. The SMILES string of the molecule is Cc1cc(C)c(CNC(=O)[C@H]2CCCCN2C(=O)c2ccccc2)cn1. The molecule has 26 heavy (non-hydrogen) atoms. The van der Waals surface area contributed by atoms with Crippen molar-refractivity contribution in [1.82, 2.24) is 15.2 Å². The summed E-state index contributed by atoms with van der Waals surface area (Å²) in [5.74, 6) is -0.160. The average Bonchev–Trinajstić information content (AvgIpc) is 2.67. The van der Waals surface area contributed by atoms with Crippen LogP contribution in [-0.4, -0.2) is 34.3 Å². The first-order valence-electron chi connectivity index (χ1n) is 9.12. The first-order valence-corrected chi connectivity index (χ1v) is 9.12. The van der Waals surface area contributed by atoms with Gasteiger partial charge in [-0.2, -0.15) is 0 Å². The number of rotatable bonds is 4. The fourth-order valence-corrected chi connectivity index (χ4v) is 3.40. The van der Waals surface area contributed by atoms with E-state index in [1.54, 1.807) is 23.2 Å². The van der Waals surface area contributed by atoms with Crippen LogP contribution in [0, 0.1) is 13.8 Å².